The van der Waals surface area contributed by atoms with Crippen molar-refractivity contribution in [3.05, 3.63) is 57.1 Å². The van der Waals surface area contributed by atoms with E-state index in [1.54, 1.807) is 0 Å². The Morgan fingerprint density at radius 2 is 1.89 bits per heavy atom. The minimum absolute atomic E-state index is 0.508. The van der Waals surface area contributed by atoms with Gasteiger partial charge in [-0.15, -0.1) is 0 Å². The number of aromatic nitrogens is 2. The van der Waals surface area contributed by atoms with Crippen molar-refractivity contribution in [3.8, 4) is 0 Å². The van der Waals surface area contributed by atoms with Crippen LogP contribution in [0.2, 0.25) is 10.2 Å². The highest BCUT2D eigenvalue weighted by Crippen LogP contribution is 2.23. The molecule has 1 aliphatic rings. The molecule has 5 heteroatoms. The van der Waals surface area contributed by atoms with E-state index in [0.29, 0.717) is 24.8 Å². The molecule has 0 radical (unpaired) electrons. The van der Waals surface area contributed by atoms with Crippen LogP contribution in [-0.4, -0.2) is 16.6 Å². The molecule has 3 nitrogen and oxygen atoms in total. The van der Waals surface area contributed by atoms with Crippen molar-refractivity contribution < 1.29 is 4.74 Å². The minimum Gasteiger partial charge on any atom is -0.376 e. The summed E-state index contributed by atoms with van der Waals surface area (Å²) in [6.07, 6.45) is 1.45. The van der Waals surface area contributed by atoms with Gasteiger partial charge in [0.05, 0.1) is 18.9 Å². The number of benzene rings is 1. The molecule has 0 unspecified atom stereocenters. The summed E-state index contributed by atoms with van der Waals surface area (Å²) in [5.74, 6) is 0.743. The van der Waals surface area contributed by atoms with E-state index in [-0.39, 0.29) is 0 Å². The van der Waals surface area contributed by atoms with Gasteiger partial charge < -0.3 is 4.74 Å². The van der Waals surface area contributed by atoms with Crippen molar-refractivity contribution in [2.45, 2.75) is 19.4 Å². The van der Waals surface area contributed by atoms with Gasteiger partial charge in [-0.2, -0.15) is 0 Å². The van der Waals surface area contributed by atoms with Gasteiger partial charge in [-0.1, -0.05) is 35.3 Å². The van der Waals surface area contributed by atoms with E-state index in [1.807, 2.05) is 24.3 Å². The van der Waals surface area contributed by atoms with Crippen molar-refractivity contribution in [2.75, 3.05) is 6.61 Å². The summed E-state index contributed by atoms with van der Waals surface area (Å²) < 4.78 is 5.37. The van der Waals surface area contributed by atoms with E-state index >= 15 is 0 Å². The number of rotatable bonds is 2. The van der Waals surface area contributed by atoms with Crippen LogP contribution < -0.4 is 0 Å². The molecule has 0 bridgehead atoms. The molecule has 0 saturated heterocycles. The van der Waals surface area contributed by atoms with Crippen LogP contribution in [0.3, 0.4) is 0 Å². The van der Waals surface area contributed by atoms with Crippen LogP contribution >= 0.6 is 23.2 Å². The lowest BCUT2D eigenvalue weighted by molar-refractivity contribution is 0.109. The molecule has 19 heavy (non-hydrogen) atoms. The topological polar surface area (TPSA) is 35.0 Å². The van der Waals surface area contributed by atoms with E-state index < -0.39 is 0 Å². The first-order valence-corrected chi connectivity index (χ1v) is 6.84. The Bertz CT molecular complexity index is 599. The van der Waals surface area contributed by atoms with Gasteiger partial charge in [-0.3, -0.25) is 0 Å². The summed E-state index contributed by atoms with van der Waals surface area (Å²) in [6, 6.07) is 7.68. The van der Waals surface area contributed by atoms with Crippen molar-refractivity contribution in [3.63, 3.8) is 0 Å². The zero-order valence-corrected chi connectivity index (χ0v) is 11.7. The molecule has 2 aromatic rings. The van der Waals surface area contributed by atoms with Crippen LogP contribution in [0.25, 0.3) is 0 Å². The van der Waals surface area contributed by atoms with Crippen LogP contribution in [0.4, 0.5) is 0 Å². The molecule has 1 aliphatic heterocycles. The maximum absolute atomic E-state index is 6.19. The highest BCUT2D eigenvalue weighted by molar-refractivity contribution is 6.30. The van der Waals surface area contributed by atoms with Gasteiger partial charge in [0, 0.05) is 23.4 Å². The van der Waals surface area contributed by atoms with Gasteiger partial charge in [0.2, 0.25) is 0 Å². The maximum Gasteiger partial charge on any atom is 0.138 e. The van der Waals surface area contributed by atoms with Crippen LogP contribution in [0.5, 0.6) is 0 Å². The number of hydrogen-bond acceptors (Lipinski definition) is 3. The molecule has 0 atom stereocenters. The smallest absolute Gasteiger partial charge is 0.138 e. The average Bonchev–Trinajstić information content (AvgIpc) is 2.42. The second-order valence-corrected chi connectivity index (χ2v) is 5.26. The van der Waals surface area contributed by atoms with E-state index in [0.717, 1.165) is 34.1 Å². The number of hydrogen-bond donors (Lipinski definition) is 0. The molecule has 0 N–H and O–H groups in total. The summed E-state index contributed by atoms with van der Waals surface area (Å²) in [4.78, 5) is 8.93. The second kappa shape index (κ2) is 5.45. The van der Waals surface area contributed by atoms with Crippen LogP contribution in [0.15, 0.2) is 24.3 Å². The van der Waals surface area contributed by atoms with E-state index in [9.17, 15) is 0 Å². The normalized spacial score (nSPS) is 14.2. The van der Waals surface area contributed by atoms with Gasteiger partial charge in [0.25, 0.3) is 0 Å². The Morgan fingerprint density at radius 3 is 2.68 bits per heavy atom. The Morgan fingerprint density at radius 1 is 1.11 bits per heavy atom. The average molecular weight is 295 g/mol. The summed E-state index contributed by atoms with van der Waals surface area (Å²) in [6.45, 7) is 1.20. The van der Waals surface area contributed by atoms with Gasteiger partial charge in [0.1, 0.15) is 11.0 Å². The van der Waals surface area contributed by atoms with Crippen LogP contribution in [0.1, 0.15) is 22.6 Å². The van der Waals surface area contributed by atoms with Crippen LogP contribution in [-0.2, 0) is 24.2 Å². The molecule has 98 valence electrons. The maximum atomic E-state index is 6.19. The van der Waals surface area contributed by atoms with E-state index in [1.165, 1.54) is 0 Å². The summed E-state index contributed by atoms with van der Waals surface area (Å²) >= 11 is 12.1. The predicted molar refractivity (Wildman–Crippen MR) is 74.7 cm³/mol. The van der Waals surface area contributed by atoms with Crippen molar-refractivity contribution in [2.24, 2.45) is 0 Å². The first kappa shape index (κ1) is 12.9. The Balaban J connectivity index is 1.89. The van der Waals surface area contributed by atoms with Crippen molar-refractivity contribution >= 4 is 23.2 Å². The van der Waals surface area contributed by atoms with Gasteiger partial charge in [-0.25, -0.2) is 9.97 Å². The zero-order chi connectivity index (χ0) is 13.2. The molecule has 0 amide bonds. The number of fused-ring (bicyclic) bond motifs is 1. The molecule has 0 spiro atoms. The van der Waals surface area contributed by atoms with Gasteiger partial charge in [-0.05, 0) is 17.7 Å². The van der Waals surface area contributed by atoms with Gasteiger partial charge in [0.15, 0.2) is 0 Å². The lowest BCUT2D eigenvalue weighted by Gasteiger charge is -2.17. The van der Waals surface area contributed by atoms with E-state index in [4.69, 9.17) is 27.9 Å². The highest BCUT2D eigenvalue weighted by Gasteiger charge is 2.17. The monoisotopic (exact) mass is 294 g/mol. The van der Waals surface area contributed by atoms with Crippen molar-refractivity contribution in [1.29, 1.82) is 0 Å². The first-order chi connectivity index (χ1) is 9.22. The van der Waals surface area contributed by atoms with Crippen LogP contribution in [0, 0.1) is 0 Å². The highest BCUT2D eigenvalue weighted by atomic mass is 35.5. The summed E-state index contributed by atoms with van der Waals surface area (Å²) in [5.41, 5.74) is 3.05. The number of nitrogens with zero attached hydrogens (tertiary/aromatic N) is 2. The number of ether oxygens (including phenoxy) is 1. The third-order valence-electron chi connectivity index (χ3n) is 3.09. The number of halogens is 2. The standard InChI is InChI=1S/C14H12Cl2N2O/c15-10-3-1-9(2-4-10)7-13-17-12-5-6-19-8-11(12)14(16)18-13/h1-4H,5-8H2. The molecule has 0 aliphatic carbocycles. The summed E-state index contributed by atoms with van der Waals surface area (Å²) in [5, 5.41) is 1.24. The fourth-order valence-corrected chi connectivity index (χ4v) is 2.49. The zero-order valence-electron chi connectivity index (χ0n) is 10.2. The van der Waals surface area contributed by atoms with Crippen molar-refractivity contribution in [1.82, 2.24) is 9.97 Å². The Labute approximate surface area is 121 Å². The lowest BCUT2D eigenvalue weighted by atomic mass is 10.1. The predicted octanol–water partition coefficient (Wildman–Crippen LogP) is 3.45. The Hall–Kier alpha value is -1.16. The third-order valence-corrected chi connectivity index (χ3v) is 3.66. The Kier molecular flexibility index (Phi) is 3.69. The molecule has 0 fully saturated rings. The first-order valence-electron chi connectivity index (χ1n) is 6.09. The molecular formula is C14H12Cl2N2O. The fraction of sp³-hybridized carbons (Fsp3) is 0.286. The largest absolute Gasteiger partial charge is 0.376 e. The molecule has 1 aromatic carbocycles. The molecule has 3 rings (SSSR count). The van der Waals surface area contributed by atoms with Gasteiger partial charge >= 0.3 is 0 Å². The lowest BCUT2D eigenvalue weighted by Crippen LogP contribution is -2.15. The molecule has 0 saturated carbocycles. The second-order valence-electron chi connectivity index (χ2n) is 4.46. The molecule has 2 heterocycles. The molecular weight excluding hydrogens is 283 g/mol. The molecule has 1 aromatic heterocycles. The fourth-order valence-electron chi connectivity index (χ4n) is 2.10. The van der Waals surface area contributed by atoms with E-state index in [2.05, 4.69) is 9.97 Å². The summed E-state index contributed by atoms with van der Waals surface area (Å²) in [7, 11) is 0. The third kappa shape index (κ3) is 2.89. The quantitative estimate of drug-likeness (QED) is 0.796. The minimum atomic E-state index is 0.508. The SMILES string of the molecule is Clc1ccc(Cc2nc(Cl)c3c(n2)CCOC3)cc1.